The molecule has 6 nitrogen and oxygen atoms in total. The molecule has 4 aromatic rings. The molecule has 4 heterocycles. The molecule has 3 aromatic heterocycles. The third kappa shape index (κ3) is 5.95. The van der Waals surface area contributed by atoms with Crippen LogP contribution in [0.25, 0.3) is 17.0 Å². The number of pyridine rings is 2. The first kappa shape index (κ1) is 30.8. The van der Waals surface area contributed by atoms with Crippen LogP contribution in [0.5, 0.6) is 11.5 Å². The van der Waals surface area contributed by atoms with Crippen molar-refractivity contribution in [2.45, 2.75) is 79.6 Å². The summed E-state index contributed by atoms with van der Waals surface area (Å²) >= 11 is 0. The molecule has 41 heavy (non-hydrogen) atoms. The fraction of sp³-hybridized carbons (Fsp3) is 0.382. The zero-order valence-electron chi connectivity index (χ0n) is 25.7. The molecule has 0 aliphatic carbocycles. The molecule has 0 N–H and O–H groups in total. The van der Waals surface area contributed by atoms with Crippen LogP contribution in [-0.2, 0) is 26.5 Å². The molecule has 0 radical (unpaired) electrons. The summed E-state index contributed by atoms with van der Waals surface area (Å²) in [6.07, 6.45) is 1.89. The molecule has 0 spiro atoms. The number of nitrogens with zero attached hydrogens (tertiary/aromatic N) is 5. The Balaban J connectivity index is 0.00000387. The van der Waals surface area contributed by atoms with Gasteiger partial charge in [0.15, 0.2) is 0 Å². The molecule has 1 aromatic carbocycles. The molecule has 220 valence electrons. The molecule has 0 atom stereocenters. The molecule has 7 heteroatoms. The molecule has 0 unspecified atom stereocenters. The van der Waals surface area contributed by atoms with Crippen molar-refractivity contribution in [1.82, 2.24) is 19.3 Å². The molecule has 0 saturated carbocycles. The fourth-order valence-corrected chi connectivity index (χ4v) is 5.14. The van der Waals surface area contributed by atoms with Gasteiger partial charge in [-0.25, -0.2) is 4.98 Å². The molecule has 0 amide bonds. The molecular formula is C34H40N5OPt-3. The largest absolute Gasteiger partial charge is 0.509 e. The second-order valence-electron chi connectivity index (χ2n) is 12.3. The second kappa shape index (κ2) is 11.6. The first-order chi connectivity index (χ1) is 18.8. The predicted octanol–water partition coefficient (Wildman–Crippen LogP) is 8.45. The summed E-state index contributed by atoms with van der Waals surface area (Å²) in [5, 5.41) is 0. The quantitative estimate of drug-likeness (QED) is 0.187. The van der Waals surface area contributed by atoms with Crippen molar-refractivity contribution in [2.24, 2.45) is 0 Å². The number of anilines is 1. The smallest absolute Gasteiger partial charge is 0.0834 e. The Kier molecular flexibility index (Phi) is 8.75. The van der Waals surface area contributed by atoms with Crippen LogP contribution in [0.3, 0.4) is 0 Å². The molecule has 5 rings (SSSR count). The minimum Gasteiger partial charge on any atom is -0.509 e. The van der Waals surface area contributed by atoms with Gasteiger partial charge in [0, 0.05) is 50.2 Å². The Morgan fingerprint density at radius 1 is 0.927 bits per heavy atom. The number of allylic oxidation sites excluding steroid dienone is 2. The molecule has 0 fully saturated rings. The first-order valence-corrected chi connectivity index (χ1v) is 14.0. The fourth-order valence-electron chi connectivity index (χ4n) is 5.14. The van der Waals surface area contributed by atoms with E-state index in [0.717, 1.165) is 34.1 Å². The van der Waals surface area contributed by atoms with Gasteiger partial charge in [-0.3, -0.25) is 0 Å². The molecular weight excluding hydrogens is 689 g/mol. The van der Waals surface area contributed by atoms with Crippen molar-refractivity contribution in [2.75, 3.05) is 11.9 Å². The summed E-state index contributed by atoms with van der Waals surface area (Å²) in [4.78, 5) is 14.1. The van der Waals surface area contributed by atoms with Gasteiger partial charge in [0.2, 0.25) is 0 Å². The van der Waals surface area contributed by atoms with Crippen LogP contribution in [0, 0.1) is 18.8 Å². The maximum atomic E-state index is 6.44. The van der Waals surface area contributed by atoms with E-state index in [1.807, 2.05) is 30.5 Å². The normalized spacial score (nSPS) is 14.0. The topological polar surface area (TPSA) is 45.9 Å². The third-order valence-corrected chi connectivity index (χ3v) is 7.59. The SMILES string of the molecule is CC1=C(C)N(c2[c-]c(Oc3[c-]c(-c4cc(C(C)(C)C)ccn4)n4c(C(C)C)c(C(C)C)nc4c3)ccc2)[CH-]N1C.[Pt]. The Morgan fingerprint density at radius 3 is 2.27 bits per heavy atom. The van der Waals surface area contributed by atoms with Gasteiger partial charge < -0.3 is 23.9 Å². The van der Waals surface area contributed by atoms with Gasteiger partial charge in [-0.15, -0.1) is 30.0 Å². The van der Waals surface area contributed by atoms with Crippen LogP contribution in [0.15, 0.2) is 54.0 Å². The monoisotopic (exact) mass is 729 g/mol. The van der Waals surface area contributed by atoms with Crippen molar-refractivity contribution in [3.8, 4) is 22.9 Å². The van der Waals surface area contributed by atoms with Gasteiger partial charge in [-0.2, -0.15) is 12.7 Å². The summed E-state index contributed by atoms with van der Waals surface area (Å²) in [6.45, 7) is 21.8. The molecule has 1 aliphatic heterocycles. The summed E-state index contributed by atoms with van der Waals surface area (Å²) < 4.78 is 8.66. The Hall–Kier alpha value is -3.11. The third-order valence-electron chi connectivity index (χ3n) is 7.59. The summed E-state index contributed by atoms with van der Waals surface area (Å²) in [6, 6.07) is 19.2. The van der Waals surface area contributed by atoms with Crippen molar-refractivity contribution in [3.05, 3.63) is 89.7 Å². The first-order valence-electron chi connectivity index (χ1n) is 14.0. The Labute approximate surface area is 259 Å². The van der Waals surface area contributed by atoms with Gasteiger partial charge in [-0.05, 0) is 61.3 Å². The summed E-state index contributed by atoms with van der Waals surface area (Å²) in [7, 11) is 2.05. The minimum absolute atomic E-state index is 0. The number of aromatic nitrogens is 3. The van der Waals surface area contributed by atoms with Crippen molar-refractivity contribution in [3.63, 3.8) is 0 Å². The van der Waals surface area contributed by atoms with E-state index in [0.29, 0.717) is 11.5 Å². The van der Waals surface area contributed by atoms with Gasteiger partial charge in [-0.1, -0.05) is 66.2 Å². The number of hydrogen-bond donors (Lipinski definition) is 0. The van der Waals surface area contributed by atoms with E-state index >= 15 is 0 Å². The van der Waals surface area contributed by atoms with Gasteiger partial charge in [0.25, 0.3) is 0 Å². The van der Waals surface area contributed by atoms with E-state index in [1.165, 1.54) is 17.0 Å². The van der Waals surface area contributed by atoms with Crippen molar-refractivity contribution in [1.29, 1.82) is 0 Å². The maximum absolute atomic E-state index is 6.44. The number of benzene rings is 1. The van der Waals surface area contributed by atoms with Gasteiger partial charge in [0.1, 0.15) is 0 Å². The number of imidazole rings is 1. The van der Waals surface area contributed by atoms with Crippen LogP contribution in [0.1, 0.15) is 91.1 Å². The van der Waals surface area contributed by atoms with E-state index in [9.17, 15) is 0 Å². The van der Waals surface area contributed by atoms with E-state index < -0.39 is 0 Å². The number of rotatable bonds is 6. The zero-order valence-corrected chi connectivity index (χ0v) is 28.0. The Bertz CT molecular complexity index is 1590. The zero-order chi connectivity index (χ0) is 28.9. The average molecular weight is 730 g/mol. The molecule has 0 bridgehead atoms. The van der Waals surface area contributed by atoms with E-state index in [2.05, 4.69) is 114 Å². The van der Waals surface area contributed by atoms with E-state index in [-0.39, 0.29) is 38.3 Å². The van der Waals surface area contributed by atoms with Gasteiger partial charge in [0.05, 0.1) is 11.3 Å². The van der Waals surface area contributed by atoms with Crippen LogP contribution in [-0.4, -0.2) is 26.3 Å². The summed E-state index contributed by atoms with van der Waals surface area (Å²) in [5.41, 5.74) is 9.30. The van der Waals surface area contributed by atoms with Crippen molar-refractivity contribution < 1.29 is 25.8 Å². The Morgan fingerprint density at radius 2 is 1.66 bits per heavy atom. The average Bonchev–Trinajstić information content (AvgIpc) is 3.41. The minimum atomic E-state index is -0.00911. The number of hydrogen-bond acceptors (Lipinski definition) is 5. The van der Waals surface area contributed by atoms with Gasteiger partial charge >= 0.3 is 0 Å². The van der Waals surface area contributed by atoms with E-state index in [4.69, 9.17) is 14.7 Å². The van der Waals surface area contributed by atoms with Crippen LogP contribution < -0.4 is 9.64 Å². The number of fused-ring (bicyclic) bond motifs is 1. The predicted molar refractivity (Wildman–Crippen MR) is 162 cm³/mol. The van der Waals surface area contributed by atoms with E-state index in [1.54, 1.807) is 0 Å². The molecule has 1 aliphatic rings. The summed E-state index contributed by atoms with van der Waals surface area (Å²) in [5.74, 6) is 1.76. The van der Waals surface area contributed by atoms with Crippen LogP contribution in [0.2, 0.25) is 0 Å². The van der Waals surface area contributed by atoms with Crippen LogP contribution >= 0.6 is 0 Å². The number of ether oxygens (including phenoxy) is 1. The molecule has 0 saturated heterocycles. The standard InChI is InChI=1S/C34H40N5O.Pt/c1-21(2)32-33(22(3)4)39-30(29-16-25(14-15-35-29)34(7,8)9)18-28(19-31(39)36-32)40-27-13-11-12-26(17-27)38-20-37(10)23(5)24(38)6;/h11-16,19-22H,1-10H3;/q-3;. The second-order valence-corrected chi connectivity index (χ2v) is 12.3. The van der Waals surface area contributed by atoms with Crippen molar-refractivity contribution >= 4 is 11.3 Å². The van der Waals surface area contributed by atoms with Crippen LogP contribution in [0.4, 0.5) is 5.69 Å². The maximum Gasteiger partial charge on any atom is 0.0834 e.